The fraction of sp³-hybridized carbons (Fsp3) is 0.350. The van der Waals surface area contributed by atoms with Gasteiger partial charge < -0.3 is 9.30 Å². The smallest absolute Gasteiger partial charge is 0.162 e. The lowest BCUT2D eigenvalue weighted by atomic mass is 10.2. The van der Waals surface area contributed by atoms with Gasteiger partial charge in [0.05, 0.1) is 11.7 Å². The summed E-state index contributed by atoms with van der Waals surface area (Å²) < 4.78 is 21.5. The van der Waals surface area contributed by atoms with Crippen LogP contribution in [0.15, 0.2) is 36.7 Å². The van der Waals surface area contributed by atoms with Crippen molar-refractivity contribution < 1.29 is 9.13 Å². The largest absolute Gasteiger partial charge is 0.485 e. The van der Waals surface area contributed by atoms with E-state index in [1.54, 1.807) is 18.3 Å². The van der Waals surface area contributed by atoms with Crippen molar-refractivity contribution in [3.05, 3.63) is 59.3 Å². The van der Waals surface area contributed by atoms with Crippen LogP contribution in [0.5, 0.6) is 5.75 Å². The van der Waals surface area contributed by atoms with Crippen molar-refractivity contribution in [2.45, 2.75) is 39.8 Å². The minimum absolute atomic E-state index is 0. The number of rotatable bonds is 5. The van der Waals surface area contributed by atoms with E-state index in [-0.39, 0.29) is 18.2 Å². The highest BCUT2D eigenvalue weighted by molar-refractivity contribution is 5.89. The third kappa shape index (κ3) is 3.49. The van der Waals surface area contributed by atoms with Crippen LogP contribution in [0.4, 0.5) is 4.39 Å². The van der Waals surface area contributed by atoms with Crippen molar-refractivity contribution in [2.24, 2.45) is 5.92 Å². The van der Waals surface area contributed by atoms with Gasteiger partial charge in [-0.05, 0) is 55.9 Å². The summed E-state index contributed by atoms with van der Waals surface area (Å²) in [6.07, 6.45) is 6.34. The molecule has 0 radical (unpaired) electrons. The molecule has 132 valence electrons. The second-order valence-corrected chi connectivity index (χ2v) is 6.71. The van der Waals surface area contributed by atoms with Gasteiger partial charge in [-0.3, -0.25) is 4.98 Å². The quantitative estimate of drug-likeness (QED) is 0.625. The lowest BCUT2D eigenvalue weighted by Gasteiger charge is -2.12. The van der Waals surface area contributed by atoms with Gasteiger partial charge >= 0.3 is 0 Å². The molecule has 3 nitrogen and oxygen atoms in total. The number of fused-ring (bicyclic) bond motifs is 1. The van der Waals surface area contributed by atoms with Crippen LogP contribution >= 0.6 is 12.4 Å². The van der Waals surface area contributed by atoms with Gasteiger partial charge in [-0.2, -0.15) is 0 Å². The van der Waals surface area contributed by atoms with Crippen LogP contribution in [-0.4, -0.2) is 9.55 Å². The number of aryl methyl sites for hydroxylation is 1. The van der Waals surface area contributed by atoms with Crippen molar-refractivity contribution in [1.82, 2.24) is 9.55 Å². The fourth-order valence-electron chi connectivity index (χ4n) is 3.19. The second-order valence-electron chi connectivity index (χ2n) is 6.71. The molecule has 0 unspecified atom stereocenters. The highest BCUT2D eigenvalue weighted by Crippen LogP contribution is 2.37. The first-order valence-corrected chi connectivity index (χ1v) is 8.44. The number of hydrogen-bond donors (Lipinski definition) is 0. The molecule has 0 spiro atoms. The first-order valence-electron chi connectivity index (χ1n) is 8.44. The summed E-state index contributed by atoms with van der Waals surface area (Å²) in [5.74, 6) is 1.36. The van der Waals surface area contributed by atoms with E-state index >= 15 is 0 Å². The van der Waals surface area contributed by atoms with Crippen LogP contribution in [0.2, 0.25) is 0 Å². The van der Waals surface area contributed by atoms with Crippen molar-refractivity contribution >= 4 is 23.3 Å². The Kier molecular flexibility index (Phi) is 5.00. The molecule has 1 aromatic carbocycles. The monoisotopic (exact) mass is 360 g/mol. The normalized spacial score (nSPS) is 13.7. The molecule has 1 fully saturated rings. The molecule has 25 heavy (non-hydrogen) atoms. The molecule has 0 atom stereocenters. The van der Waals surface area contributed by atoms with Gasteiger partial charge in [-0.1, -0.05) is 12.1 Å². The van der Waals surface area contributed by atoms with Crippen molar-refractivity contribution in [3.63, 3.8) is 0 Å². The molecule has 2 heterocycles. The topological polar surface area (TPSA) is 27.1 Å². The van der Waals surface area contributed by atoms with Gasteiger partial charge in [-0.15, -0.1) is 12.4 Å². The van der Waals surface area contributed by atoms with Gasteiger partial charge in [0.15, 0.2) is 5.75 Å². The zero-order chi connectivity index (χ0) is 16.7. The molecule has 0 saturated heterocycles. The standard InChI is InChI=1S/C20H21FN2O.ClH/c1-13-14(2)23(11-15-3-4-15)20-18(13)9-22-10-19(20)24-12-16-5-7-17(21)8-6-16;/h5-10,15H,3-4,11-12H2,1-2H3;1H. The molecule has 0 bridgehead atoms. The Morgan fingerprint density at radius 1 is 1.16 bits per heavy atom. The molecule has 1 saturated carbocycles. The van der Waals surface area contributed by atoms with Crippen molar-refractivity contribution in [1.29, 1.82) is 0 Å². The maximum Gasteiger partial charge on any atom is 0.162 e. The molecule has 1 aliphatic rings. The lowest BCUT2D eigenvalue weighted by molar-refractivity contribution is 0.307. The number of aromatic nitrogens is 2. The maximum absolute atomic E-state index is 13.0. The molecule has 4 rings (SSSR count). The van der Waals surface area contributed by atoms with Crippen LogP contribution in [0.1, 0.15) is 29.7 Å². The van der Waals surface area contributed by atoms with E-state index in [1.807, 2.05) is 6.20 Å². The number of pyridine rings is 1. The maximum atomic E-state index is 13.0. The van der Waals surface area contributed by atoms with E-state index in [0.29, 0.717) is 6.61 Å². The Hall–Kier alpha value is -2.07. The predicted molar refractivity (Wildman–Crippen MR) is 99.9 cm³/mol. The van der Waals surface area contributed by atoms with Crippen LogP contribution in [0, 0.1) is 25.6 Å². The zero-order valence-electron chi connectivity index (χ0n) is 14.5. The summed E-state index contributed by atoms with van der Waals surface area (Å²) in [7, 11) is 0. The van der Waals surface area contributed by atoms with E-state index in [0.717, 1.165) is 34.7 Å². The van der Waals surface area contributed by atoms with E-state index < -0.39 is 0 Å². The van der Waals surface area contributed by atoms with Gasteiger partial charge in [0, 0.05) is 23.8 Å². The summed E-state index contributed by atoms with van der Waals surface area (Å²) in [6.45, 7) is 5.77. The Labute approximate surface area is 153 Å². The first-order chi connectivity index (χ1) is 11.6. The van der Waals surface area contributed by atoms with Gasteiger partial charge in [-0.25, -0.2) is 4.39 Å². The summed E-state index contributed by atoms with van der Waals surface area (Å²) in [4.78, 5) is 4.35. The molecule has 0 amide bonds. The third-order valence-electron chi connectivity index (χ3n) is 4.95. The highest BCUT2D eigenvalue weighted by atomic mass is 35.5. The molecule has 1 aliphatic carbocycles. The Bertz CT molecular complexity index is 885. The summed E-state index contributed by atoms with van der Waals surface area (Å²) in [5, 5.41) is 1.16. The van der Waals surface area contributed by atoms with Gasteiger partial charge in [0.2, 0.25) is 0 Å². The van der Waals surface area contributed by atoms with E-state index in [1.165, 1.54) is 36.2 Å². The Morgan fingerprint density at radius 2 is 1.88 bits per heavy atom. The molecule has 3 aromatic rings. The Morgan fingerprint density at radius 3 is 2.56 bits per heavy atom. The van der Waals surface area contributed by atoms with Crippen molar-refractivity contribution in [3.8, 4) is 5.75 Å². The molecular weight excluding hydrogens is 339 g/mol. The van der Waals surface area contributed by atoms with Crippen molar-refractivity contribution in [2.75, 3.05) is 0 Å². The second kappa shape index (κ2) is 7.04. The SMILES string of the molecule is Cc1c(C)n(CC2CC2)c2c(OCc3ccc(F)cc3)cncc12.Cl. The minimum Gasteiger partial charge on any atom is -0.485 e. The van der Waals surface area contributed by atoms with Crippen LogP contribution in [0.3, 0.4) is 0 Å². The zero-order valence-corrected chi connectivity index (χ0v) is 15.3. The molecular formula is C20H22ClFN2O. The average molecular weight is 361 g/mol. The molecule has 0 N–H and O–H groups in total. The summed E-state index contributed by atoms with van der Waals surface area (Å²) in [5.41, 5.74) is 4.64. The number of halogens is 2. The molecule has 0 aliphatic heterocycles. The number of benzene rings is 1. The third-order valence-corrected chi connectivity index (χ3v) is 4.95. The first kappa shape index (κ1) is 17.7. The highest BCUT2D eigenvalue weighted by Gasteiger charge is 2.25. The predicted octanol–water partition coefficient (Wildman–Crippen LogP) is 5.20. The molecule has 2 aromatic heterocycles. The summed E-state index contributed by atoms with van der Waals surface area (Å²) >= 11 is 0. The van der Waals surface area contributed by atoms with E-state index in [2.05, 4.69) is 23.4 Å². The summed E-state index contributed by atoms with van der Waals surface area (Å²) in [6, 6.07) is 6.43. The number of ether oxygens (including phenoxy) is 1. The lowest BCUT2D eigenvalue weighted by Crippen LogP contribution is -2.04. The Balaban J connectivity index is 0.00000182. The fourth-order valence-corrected chi connectivity index (χ4v) is 3.19. The van der Waals surface area contributed by atoms with Crippen LogP contribution in [0.25, 0.3) is 10.9 Å². The van der Waals surface area contributed by atoms with E-state index in [4.69, 9.17) is 4.74 Å². The number of nitrogens with zero attached hydrogens (tertiary/aromatic N) is 2. The van der Waals surface area contributed by atoms with E-state index in [9.17, 15) is 4.39 Å². The molecule has 5 heteroatoms. The number of hydrogen-bond acceptors (Lipinski definition) is 2. The minimum atomic E-state index is -0.230. The van der Waals surface area contributed by atoms with Crippen LogP contribution < -0.4 is 4.74 Å². The average Bonchev–Trinajstić information content (AvgIpc) is 3.38. The van der Waals surface area contributed by atoms with Gasteiger partial charge in [0.25, 0.3) is 0 Å². The van der Waals surface area contributed by atoms with Crippen LogP contribution in [-0.2, 0) is 13.2 Å². The van der Waals surface area contributed by atoms with Gasteiger partial charge in [0.1, 0.15) is 12.4 Å².